The van der Waals surface area contributed by atoms with Crippen LogP contribution in [0.1, 0.15) is 19.2 Å². The molecule has 1 aromatic rings. The van der Waals surface area contributed by atoms with E-state index in [2.05, 4.69) is 17.1 Å². The number of aromatic nitrogens is 3. The summed E-state index contributed by atoms with van der Waals surface area (Å²) in [4.78, 5) is 0. The van der Waals surface area contributed by atoms with Crippen molar-refractivity contribution in [2.75, 3.05) is 12.4 Å². The summed E-state index contributed by atoms with van der Waals surface area (Å²) in [5.41, 5.74) is 5.55. The van der Waals surface area contributed by atoms with Crippen molar-refractivity contribution in [2.45, 2.75) is 37.7 Å². The van der Waals surface area contributed by atoms with Gasteiger partial charge in [0.2, 0.25) is 0 Å². The Kier molecular flexibility index (Phi) is 5.75. The molecule has 1 rings (SSSR count). The monoisotopic (exact) mass is 246 g/mol. The molecule has 1 heterocycles. The molecule has 7 heteroatoms. The van der Waals surface area contributed by atoms with Crippen molar-refractivity contribution in [3.8, 4) is 0 Å². The molecule has 1 atom stereocenters. The van der Waals surface area contributed by atoms with Crippen molar-refractivity contribution in [1.82, 2.24) is 14.8 Å². The molecule has 0 amide bonds. The van der Waals surface area contributed by atoms with Crippen LogP contribution in [0.25, 0.3) is 0 Å². The minimum Gasteiger partial charge on any atom is -0.394 e. The number of hydrogen-bond acceptors (Lipinski definition) is 6. The van der Waals surface area contributed by atoms with E-state index in [4.69, 9.17) is 10.8 Å². The van der Waals surface area contributed by atoms with Gasteiger partial charge in [-0.05, 0) is 6.42 Å². The minimum atomic E-state index is -0.724. The maximum Gasteiger partial charge on any atom is 0.191 e. The zero-order chi connectivity index (χ0) is 12.0. The molecule has 0 aromatic carbocycles. The summed E-state index contributed by atoms with van der Waals surface area (Å²) in [5.74, 6) is 1.16. The molecule has 0 spiro atoms. The molecule has 1 aromatic heterocycles. The largest absolute Gasteiger partial charge is 0.394 e. The van der Waals surface area contributed by atoms with Gasteiger partial charge in [0.25, 0.3) is 0 Å². The fraction of sp³-hybridized carbons (Fsp3) is 0.778. The third-order valence-corrected chi connectivity index (χ3v) is 3.15. The number of nitrogens with zero attached hydrogens (tertiary/aromatic N) is 3. The molecule has 0 bridgehead atoms. The highest BCUT2D eigenvalue weighted by atomic mass is 32.2. The smallest absolute Gasteiger partial charge is 0.191 e. The molecule has 0 saturated carbocycles. The van der Waals surface area contributed by atoms with Gasteiger partial charge in [-0.15, -0.1) is 10.2 Å². The summed E-state index contributed by atoms with van der Waals surface area (Å²) >= 11 is 1.38. The van der Waals surface area contributed by atoms with Crippen molar-refractivity contribution in [1.29, 1.82) is 0 Å². The van der Waals surface area contributed by atoms with E-state index in [0.717, 1.165) is 23.9 Å². The summed E-state index contributed by atoms with van der Waals surface area (Å²) in [6.07, 6.45) is 0.249. The first-order valence-corrected chi connectivity index (χ1v) is 6.25. The first kappa shape index (κ1) is 13.4. The number of aliphatic hydroxyl groups excluding tert-OH is 2. The van der Waals surface area contributed by atoms with Crippen LogP contribution < -0.4 is 5.73 Å². The number of aliphatic hydroxyl groups is 2. The fourth-order valence-electron chi connectivity index (χ4n) is 1.25. The average Bonchev–Trinajstić information content (AvgIpc) is 2.69. The fourth-order valence-corrected chi connectivity index (χ4v) is 2.15. The van der Waals surface area contributed by atoms with Gasteiger partial charge in [0.15, 0.2) is 5.16 Å². The van der Waals surface area contributed by atoms with Crippen LogP contribution in [0.15, 0.2) is 5.16 Å². The number of rotatable bonds is 7. The molecule has 16 heavy (non-hydrogen) atoms. The summed E-state index contributed by atoms with van der Waals surface area (Å²) in [6.45, 7) is 3.00. The highest BCUT2D eigenvalue weighted by Crippen LogP contribution is 2.18. The Hall–Kier alpha value is -0.630. The number of thioether (sulfide) groups is 1. The van der Waals surface area contributed by atoms with Gasteiger partial charge in [0, 0.05) is 12.3 Å². The van der Waals surface area contributed by atoms with Gasteiger partial charge in [-0.1, -0.05) is 18.7 Å². The minimum absolute atomic E-state index is 0.237. The Bertz CT molecular complexity index is 318. The molecule has 0 aliphatic rings. The van der Waals surface area contributed by atoms with E-state index in [-0.39, 0.29) is 6.61 Å². The molecule has 0 saturated heterocycles. The molecule has 1 unspecified atom stereocenters. The van der Waals surface area contributed by atoms with E-state index in [1.54, 1.807) is 0 Å². The lowest BCUT2D eigenvalue weighted by Gasteiger charge is -2.09. The van der Waals surface area contributed by atoms with Gasteiger partial charge in [-0.25, -0.2) is 0 Å². The number of hydrogen-bond donors (Lipinski definition) is 3. The summed E-state index contributed by atoms with van der Waals surface area (Å²) < 4.78 is 1.95. The summed E-state index contributed by atoms with van der Waals surface area (Å²) in [7, 11) is 0. The van der Waals surface area contributed by atoms with Gasteiger partial charge in [0.05, 0.1) is 19.3 Å². The second-order valence-electron chi connectivity index (χ2n) is 3.40. The molecule has 6 nitrogen and oxygen atoms in total. The molecule has 4 N–H and O–H groups in total. The van der Waals surface area contributed by atoms with Crippen molar-refractivity contribution >= 4 is 11.8 Å². The maximum absolute atomic E-state index is 9.25. The van der Waals surface area contributed by atoms with Crippen molar-refractivity contribution in [3.63, 3.8) is 0 Å². The number of nitrogens with two attached hydrogens (primary N) is 1. The SMILES string of the molecule is CCCn1c(CN)nnc1SCC(O)CO. The molecular weight excluding hydrogens is 228 g/mol. The summed E-state index contributed by atoms with van der Waals surface area (Å²) in [5, 5.41) is 26.7. The lowest BCUT2D eigenvalue weighted by Crippen LogP contribution is -2.15. The average molecular weight is 246 g/mol. The Morgan fingerprint density at radius 1 is 1.50 bits per heavy atom. The molecule has 92 valence electrons. The second kappa shape index (κ2) is 6.85. The van der Waals surface area contributed by atoms with E-state index in [1.165, 1.54) is 11.8 Å². The van der Waals surface area contributed by atoms with Gasteiger partial charge >= 0.3 is 0 Å². The molecule has 0 aliphatic heterocycles. The highest BCUT2D eigenvalue weighted by molar-refractivity contribution is 7.99. The van der Waals surface area contributed by atoms with Gasteiger partial charge in [-0.3, -0.25) is 0 Å². The van der Waals surface area contributed by atoms with E-state index in [9.17, 15) is 5.11 Å². The first-order chi connectivity index (χ1) is 7.72. The van der Waals surface area contributed by atoms with Gasteiger partial charge in [-0.2, -0.15) is 0 Å². The van der Waals surface area contributed by atoms with Crippen LogP contribution in [0, 0.1) is 0 Å². The second-order valence-corrected chi connectivity index (χ2v) is 4.39. The maximum atomic E-state index is 9.25. The molecule has 0 fully saturated rings. The van der Waals surface area contributed by atoms with Crippen LogP contribution in [-0.4, -0.2) is 43.4 Å². The van der Waals surface area contributed by atoms with Crippen LogP contribution in [0.3, 0.4) is 0 Å². The van der Waals surface area contributed by atoms with E-state index < -0.39 is 6.10 Å². The molecule has 0 aliphatic carbocycles. The van der Waals surface area contributed by atoms with Crippen LogP contribution in [0.4, 0.5) is 0 Å². The van der Waals surface area contributed by atoms with Crippen LogP contribution in [-0.2, 0) is 13.1 Å². The lowest BCUT2D eigenvalue weighted by atomic mass is 10.4. The normalized spacial score (nSPS) is 13.0. The van der Waals surface area contributed by atoms with Crippen molar-refractivity contribution in [2.24, 2.45) is 5.73 Å². The summed E-state index contributed by atoms with van der Waals surface area (Å²) in [6, 6.07) is 0. The van der Waals surface area contributed by atoms with Crippen LogP contribution in [0.2, 0.25) is 0 Å². The van der Waals surface area contributed by atoms with E-state index >= 15 is 0 Å². The Morgan fingerprint density at radius 2 is 2.25 bits per heavy atom. The predicted molar refractivity (Wildman–Crippen MR) is 62.0 cm³/mol. The molecule has 0 radical (unpaired) electrons. The molecular formula is C9H18N4O2S. The Balaban J connectivity index is 2.67. The first-order valence-electron chi connectivity index (χ1n) is 5.26. The zero-order valence-corrected chi connectivity index (χ0v) is 10.2. The highest BCUT2D eigenvalue weighted by Gasteiger charge is 2.12. The zero-order valence-electron chi connectivity index (χ0n) is 9.33. The van der Waals surface area contributed by atoms with E-state index in [1.807, 2.05) is 4.57 Å². The van der Waals surface area contributed by atoms with Crippen molar-refractivity contribution < 1.29 is 10.2 Å². The Labute approximate surface area is 98.9 Å². The van der Waals surface area contributed by atoms with E-state index in [0.29, 0.717) is 12.3 Å². The van der Waals surface area contributed by atoms with Crippen LogP contribution in [0.5, 0.6) is 0 Å². The quantitative estimate of drug-likeness (QED) is 0.566. The standard InChI is InChI=1S/C9H18N4O2S/c1-2-3-13-8(4-10)11-12-9(13)16-6-7(15)5-14/h7,14-15H,2-6,10H2,1H3. The van der Waals surface area contributed by atoms with Gasteiger partial charge < -0.3 is 20.5 Å². The van der Waals surface area contributed by atoms with Crippen molar-refractivity contribution in [3.05, 3.63) is 5.82 Å². The van der Waals surface area contributed by atoms with Gasteiger partial charge in [0.1, 0.15) is 5.82 Å². The van der Waals surface area contributed by atoms with Crippen LogP contribution >= 0.6 is 11.8 Å². The lowest BCUT2D eigenvalue weighted by molar-refractivity contribution is 0.113. The third-order valence-electron chi connectivity index (χ3n) is 2.04. The predicted octanol–water partition coefficient (Wildman–Crippen LogP) is -0.408. The Morgan fingerprint density at radius 3 is 2.81 bits per heavy atom. The third kappa shape index (κ3) is 3.44. The topological polar surface area (TPSA) is 97.2 Å².